The molecular weight excluding hydrogens is 300 g/mol. The summed E-state index contributed by atoms with van der Waals surface area (Å²) in [5.74, 6) is -6.41. The molecule has 0 saturated heterocycles. The van der Waals surface area contributed by atoms with Crippen LogP contribution in [-0.4, -0.2) is 4.98 Å². The highest BCUT2D eigenvalue weighted by Gasteiger charge is 2.31. The molecule has 3 N–H and O–H groups in total. The third-order valence-electron chi connectivity index (χ3n) is 2.76. The molecule has 0 amide bonds. The van der Waals surface area contributed by atoms with Gasteiger partial charge in [-0.25, -0.2) is 31.8 Å². The predicted molar refractivity (Wildman–Crippen MR) is 59.6 cm³/mol. The lowest BCUT2D eigenvalue weighted by Gasteiger charge is -2.18. The monoisotopic (exact) mass is 307 g/mol. The summed E-state index contributed by atoms with van der Waals surface area (Å²) in [4.78, 5) is 3.42. The first-order chi connectivity index (χ1) is 9.88. The zero-order valence-electron chi connectivity index (χ0n) is 10.1. The highest BCUT2D eigenvalue weighted by Crippen LogP contribution is 2.30. The second-order valence-electron chi connectivity index (χ2n) is 4.02. The Hall–Kier alpha value is -2.13. The number of nitrogens with zero attached hydrogens (tertiary/aromatic N) is 1. The average molecular weight is 307 g/mol. The van der Waals surface area contributed by atoms with Gasteiger partial charge in [-0.1, -0.05) is 0 Å². The minimum atomic E-state index is -2.29. The molecule has 1 aromatic heterocycles. The molecular formula is C12H7F6N3. The van der Waals surface area contributed by atoms with E-state index in [4.69, 9.17) is 5.84 Å². The lowest BCUT2D eigenvalue weighted by Crippen LogP contribution is -2.31. The average Bonchev–Trinajstić information content (AvgIpc) is 2.47. The fourth-order valence-electron chi connectivity index (χ4n) is 1.81. The van der Waals surface area contributed by atoms with E-state index in [1.54, 1.807) is 0 Å². The van der Waals surface area contributed by atoms with E-state index < -0.39 is 46.5 Å². The molecule has 0 aliphatic rings. The maximum absolute atomic E-state index is 13.7. The molecule has 2 rings (SSSR count). The van der Waals surface area contributed by atoms with Crippen molar-refractivity contribution in [3.63, 3.8) is 0 Å². The topological polar surface area (TPSA) is 50.9 Å². The molecule has 2 aromatic rings. The Morgan fingerprint density at radius 1 is 0.857 bits per heavy atom. The van der Waals surface area contributed by atoms with Gasteiger partial charge in [0.2, 0.25) is 5.82 Å². The number of hydrogen-bond donors (Lipinski definition) is 2. The molecule has 1 aromatic carbocycles. The number of pyridine rings is 1. The normalized spacial score (nSPS) is 12.5. The molecule has 0 fully saturated rings. The Morgan fingerprint density at radius 2 is 1.38 bits per heavy atom. The van der Waals surface area contributed by atoms with Crippen LogP contribution in [0.5, 0.6) is 0 Å². The third-order valence-corrected chi connectivity index (χ3v) is 2.76. The number of halogens is 6. The first-order valence-corrected chi connectivity index (χ1v) is 5.46. The summed E-state index contributed by atoms with van der Waals surface area (Å²) in [6.45, 7) is 0. The van der Waals surface area contributed by atoms with Crippen LogP contribution in [0.1, 0.15) is 17.2 Å². The molecule has 3 nitrogen and oxygen atoms in total. The number of hydrogen-bond acceptors (Lipinski definition) is 3. The SMILES string of the molecule is NNC(c1cncc(F)c1)c1c(F)c(F)c(F)c(F)c1F. The Morgan fingerprint density at radius 3 is 1.86 bits per heavy atom. The summed E-state index contributed by atoms with van der Waals surface area (Å²) in [6, 6.07) is -0.868. The van der Waals surface area contributed by atoms with Crippen LogP contribution in [0.2, 0.25) is 0 Å². The van der Waals surface area contributed by atoms with Crippen molar-refractivity contribution in [3.8, 4) is 0 Å². The second kappa shape index (κ2) is 5.70. The van der Waals surface area contributed by atoms with Crippen LogP contribution < -0.4 is 11.3 Å². The smallest absolute Gasteiger partial charge is 0.200 e. The molecule has 0 spiro atoms. The van der Waals surface area contributed by atoms with Crippen molar-refractivity contribution in [2.45, 2.75) is 6.04 Å². The van der Waals surface area contributed by atoms with Gasteiger partial charge in [-0.2, -0.15) is 0 Å². The van der Waals surface area contributed by atoms with Crippen molar-refractivity contribution in [3.05, 3.63) is 64.5 Å². The van der Waals surface area contributed by atoms with Crippen LogP contribution in [0.15, 0.2) is 18.5 Å². The van der Waals surface area contributed by atoms with Crippen LogP contribution in [0, 0.1) is 34.9 Å². The van der Waals surface area contributed by atoms with Crippen molar-refractivity contribution < 1.29 is 26.3 Å². The zero-order chi connectivity index (χ0) is 15.7. The quantitative estimate of drug-likeness (QED) is 0.301. The maximum Gasteiger partial charge on any atom is 0.200 e. The summed E-state index contributed by atoms with van der Waals surface area (Å²) in [5, 5.41) is 0. The molecule has 1 heterocycles. The summed E-state index contributed by atoms with van der Waals surface area (Å²) >= 11 is 0. The van der Waals surface area contributed by atoms with Gasteiger partial charge in [0.15, 0.2) is 23.3 Å². The number of benzene rings is 1. The maximum atomic E-state index is 13.7. The number of rotatable bonds is 3. The largest absolute Gasteiger partial charge is 0.271 e. The lowest BCUT2D eigenvalue weighted by molar-refractivity contribution is 0.362. The summed E-state index contributed by atoms with van der Waals surface area (Å²) < 4.78 is 79.8. The third kappa shape index (κ3) is 2.57. The van der Waals surface area contributed by atoms with Gasteiger partial charge >= 0.3 is 0 Å². The molecule has 0 aliphatic heterocycles. The summed E-state index contributed by atoms with van der Waals surface area (Å²) in [7, 11) is 0. The first kappa shape index (κ1) is 15.3. The number of hydrazine groups is 1. The van der Waals surface area contributed by atoms with E-state index in [-0.39, 0.29) is 5.56 Å². The minimum absolute atomic E-state index is 0.208. The molecule has 1 unspecified atom stereocenters. The molecule has 0 radical (unpaired) electrons. The molecule has 0 aliphatic carbocycles. The van der Waals surface area contributed by atoms with Crippen LogP contribution in [0.25, 0.3) is 0 Å². The second-order valence-corrected chi connectivity index (χ2v) is 4.02. The van der Waals surface area contributed by atoms with Gasteiger partial charge in [0, 0.05) is 6.20 Å². The Kier molecular flexibility index (Phi) is 4.14. The molecule has 0 bridgehead atoms. The molecule has 112 valence electrons. The summed E-state index contributed by atoms with van der Waals surface area (Å²) in [5.41, 5.74) is 0.446. The van der Waals surface area contributed by atoms with Crippen LogP contribution in [-0.2, 0) is 0 Å². The standard InChI is InChI=1S/C12H7F6N3/c13-5-1-4(2-20-3-5)12(21-19)6-7(14)9(16)11(18)10(17)8(6)15/h1-3,12,21H,19H2. The highest BCUT2D eigenvalue weighted by molar-refractivity contribution is 5.34. The zero-order valence-corrected chi connectivity index (χ0v) is 10.1. The van der Waals surface area contributed by atoms with Gasteiger partial charge in [-0.3, -0.25) is 10.8 Å². The van der Waals surface area contributed by atoms with E-state index in [0.717, 1.165) is 18.5 Å². The Bertz CT molecular complexity index is 662. The van der Waals surface area contributed by atoms with E-state index in [1.807, 2.05) is 5.43 Å². The predicted octanol–water partition coefficient (Wildman–Crippen LogP) is 2.47. The van der Waals surface area contributed by atoms with Gasteiger partial charge in [0.1, 0.15) is 5.82 Å². The fraction of sp³-hybridized carbons (Fsp3) is 0.0833. The van der Waals surface area contributed by atoms with Crippen molar-refractivity contribution >= 4 is 0 Å². The Balaban J connectivity index is 2.69. The Labute approximate surface area is 114 Å². The van der Waals surface area contributed by atoms with E-state index in [0.29, 0.717) is 0 Å². The highest BCUT2D eigenvalue weighted by atomic mass is 19.2. The first-order valence-electron chi connectivity index (χ1n) is 5.46. The minimum Gasteiger partial charge on any atom is -0.271 e. The van der Waals surface area contributed by atoms with Gasteiger partial charge in [-0.15, -0.1) is 0 Å². The summed E-state index contributed by atoms with van der Waals surface area (Å²) in [6.07, 6.45) is 1.78. The number of aromatic nitrogens is 1. The molecule has 21 heavy (non-hydrogen) atoms. The number of nitrogens with two attached hydrogens (primary N) is 1. The lowest BCUT2D eigenvalue weighted by atomic mass is 9.99. The van der Waals surface area contributed by atoms with Crippen molar-refractivity contribution in [2.75, 3.05) is 0 Å². The van der Waals surface area contributed by atoms with Crippen molar-refractivity contribution in [1.82, 2.24) is 10.4 Å². The fourth-order valence-corrected chi connectivity index (χ4v) is 1.81. The van der Waals surface area contributed by atoms with Crippen LogP contribution in [0.3, 0.4) is 0 Å². The van der Waals surface area contributed by atoms with Gasteiger partial charge in [0.05, 0.1) is 17.8 Å². The van der Waals surface area contributed by atoms with Crippen molar-refractivity contribution in [2.24, 2.45) is 5.84 Å². The van der Waals surface area contributed by atoms with E-state index >= 15 is 0 Å². The van der Waals surface area contributed by atoms with E-state index in [9.17, 15) is 26.3 Å². The van der Waals surface area contributed by atoms with Crippen LogP contribution >= 0.6 is 0 Å². The van der Waals surface area contributed by atoms with Gasteiger partial charge < -0.3 is 0 Å². The molecule has 9 heteroatoms. The molecule has 0 saturated carbocycles. The van der Waals surface area contributed by atoms with E-state index in [1.165, 1.54) is 0 Å². The van der Waals surface area contributed by atoms with Crippen LogP contribution in [0.4, 0.5) is 26.3 Å². The number of nitrogens with one attached hydrogen (secondary N) is 1. The van der Waals surface area contributed by atoms with Gasteiger partial charge in [-0.05, 0) is 11.6 Å². The van der Waals surface area contributed by atoms with E-state index in [2.05, 4.69) is 4.98 Å². The van der Waals surface area contributed by atoms with Gasteiger partial charge in [0.25, 0.3) is 0 Å². The van der Waals surface area contributed by atoms with Crippen molar-refractivity contribution in [1.29, 1.82) is 0 Å². The molecule has 1 atom stereocenters.